The number of benzene rings is 2. The van der Waals surface area contributed by atoms with E-state index in [-0.39, 0.29) is 17.4 Å². The Morgan fingerprint density at radius 1 is 1.04 bits per heavy atom. The van der Waals surface area contributed by atoms with Crippen LogP contribution in [0.4, 0.5) is 0 Å². The monoisotopic (exact) mass is 375 g/mol. The predicted octanol–water partition coefficient (Wildman–Crippen LogP) is 6.14. The van der Waals surface area contributed by atoms with E-state index in [1.54, 1.807) is 6.08 Å². The molecule has 1 atom stereocenters. The van der Waals surface area contributed by atoms with Crippen LogP contribution in [0, 0.1) is 0 Å². The van der Waals surface area contributed by atoms with E-state index in [4.69, 9.17) is 0 Å². The van der Waals surface area contributed by atoms with Gasteiger partial charge in [0.2, 0.25) is 5.91 Å². The zero-order valence-electron chi connectivity index (χ0n) is 17.7. The first kappa shape index (κ1) is 20.4. The molecule has 1 aliphatic rings. The summed E-state index contributed by atoms with van der Waals surface area (Å²) in [7, 11) is 0. The molecule has 2 aromatic rings. The van der Waals surface area contributed by atoms with Crippen molar-refractivity contribution < 1.29 is 4.79 Å². The first-order chi connectivity index (χ1) is 13.4. The second kappa shape index (κ2) is 8.77. The van der Waals surface area contributed by atoms with Crippen molar-refractivity contribution >= 4 is 12.0 Å². The molecule has 0 spiro atoms. The third kappa shape index (κ3) is 5.13. The highest BCUT2D eigenvalue weighted by Crippen LogP contribution is 2.26. The molecule has 0 bridgehead atoms. The molecule has 3 rings (SSSR count). The van der Waals surface area contributed by atoms with Crippen molar-refractivity contribution in [3.63, 3.8) is 0 Å². The van der Waals surface area contributed by atoms with E-state index in [2.05, 4.69) is 75.5 Å². The Labute approximate surface area is 170 Å². The Hall–Kier alpha value is -2.35. The lowest BCUT2D eigenvalue weighted by Gasteiger charge is -2.21. The van der Waals surface area contributed by atoms with Crippen molar-refractivity contribution in [3.8, 4) is 0 Å². The van der Waals surface area contributed by atoms with E-state index in [9.17, 15) is 4.79 Å². The molecule has 0 heterocycles. The Morgan fingerprint density at radius 2 is 1.71 bits per heavy atom. The Kier molecular flexibility index (Phi) is 6.39. The fourth-order valence-corrected chi connectivity index (χ4v) is 3.88. The molecule has 28 heavy (non-hydrogen) atoms. The number of fused-ring (bicyclic) bond motifs is 1. The molecule has 2 heteroatoms. The largest absolute Gasteiger partial charge is 0.346 e. The summed E-state index contributed by atoms with van der Waals surface area (Å²) in [6, 6.07) is 15.2. The Morgan fingerprint density at radius 3 is 2.36 bits per heavy atom. The van der Waals surface area contributed by atoms with Gasteiger partial charge in [0.1, 0.15) is 0 Å². The SMILES string of the molecule is CC[C@@H](NC(=O)/C=C/c1ccc(C(C)(C)C)cc1)c1ccc2c(c1)CCCC2. The number of aryl methyl sites for hydroxylation is 2. The minimum atomic E-state index is -0.0375. The maximum atomic E-state index is 12.5. The van der Waals surface area contributed by atoms with Crippen molar-refractivity contribution in [3.05, 3.63) is 76.4 Å². The molecule has 0 saturated heterocycles. The van der Waals surface area contributed by atoms with E-state index in [0.717, 1.165) is 18.4 Å². The quantitative estimate of drug-likeness (QED) is 0.625. The van der Waals surface area contributed by atoms with Crippen LogP contribution in [-0.2, 0) is 23.1 Å². The molecule has 2 nitrogen and oxygen atoms in total. The molecule has 0 radical (unpaired) electrons. The van der Waals surface area contributed by atoms with Crippen LogP contribution in [-0.4, -0.2) is 5.91 Å². The topological polar surface area (TPSA) is 29.1 Å². The van der Waals surface area contributed by atoms with Gasteiger partial charge in [0.05, 0.1) is 6.04 Å². The van der Waals surface area contributed by atoms with E-state index < -0.39 is 0 Å². The number of carbonyl (C=O) groups excluding carboxylic acids is 1. The zero-order valence-corrected chi connectivity index (χ0v) is 17.7. The highest BCUT2D eigenvalue weighted by Gasteiger charge is 2.15. The first-order valence-corrected chi connectivity index (χ1v) is 10.6. The van der Waals surface area contributed by atoms with Crippen LogP contribution in [0.5, 0.6) is 0 Å². The summed E-state index contributed by atoms with van der Waals surface area (Å²) in [5, 5.41) is 3.17. The van der Waals surface area contributed by atoms with Crippen molar-refractivity contribution in [2.24, 2.45) is 0 Å². The number of rotatable bonds is 5. The minimum absolute atomic E-state index is 0.0375. The van der Waals surface area contributed by atoms with Gasteiger partial charge in [0, 0.05) is 6.08 Å². The molecule has 0 saturated carbocycles. The summed E-state index contributed by atoms with van der Waals surface area (Å²) in [5.74, 6) is -0.0375. The van der Waals surface area contributed by atoms with Gasteiger partial charge in [0.25, 0.3) is 0 Å². The van der Waals surface area contributed by atoms with Gasteiger partial charge in [0.15, 0.2) is 0 Å². The van der Waals surface area contributed by atoms with E-state index in [1.165, 1.54) is 41.5 Å². The molecule has 0 aliphatic heterocycles. The number of amides is 1. The molecule has 1 amide bonds. The summed E-state index contributed by atoms with van der Waals surface area (Å²) in [5.41, 5.74) is 6.65. The van der Waals surface area contributed by atoms with Gasteiger partial charge in [-0.25, -0.2) is 0 Å². The lowest BCUT2D eigenvalue weighted by Crippen LogP contribution is -2.26. The first-order valence-electron chi connectivity index (χ1n) is 10.6. The number of carbonyl (C=O) groups is 1. The standard InChI is InChI=1S/C26H33NO/c1-5-24(22-14-13-20-8-6-7-9-21(20)18-22)27-25(28)17-12-19-10-15-23(16-11-19)26(2,3)4/h10-18,24H,5-9H2,1-4H3,(H,27,28)/b17-12+/t24-/m1/s1. The molecule has 0 unspecified atom stereocenters. The third-order valence-corrected chi connectivity index (χ3v) is 5.70. The van der Waals surface area contributed by atoms with Crippen LogP contribution in [0.2, 0.25) is 0 Å². The van der Waals surface area contributed by atoms with Crippen LogP contribution in [0.15, 0.2) is 48.5 Å². The second-order valence-corrected chi connectivity index (χ2v) is 8.91. The normalized spacial score (nSPS) is 15.3. The van der Waals surface area contributed by atoms with Gasteiger partial charge in [-0.3, -0.25) is 4.79 Å². The predicted molar refractivity (Wildman–Crippen MR) is 118 cm³/mol. The van der Waals surface area contributed by atoms with Crippen LogP contribution in [0.1, 0.15) is 80.8 Å². The van der Waals surface area contributed by atoms with Crippen molar-refractivity contribution in [1.82, 2.24) is 5.32 Å². The lowest BCUT2D eigenvalue weighted by atomic mass is 9.87. The average molecular weight is 376 g/mol. The summed E-state index contributed by atoms with van der Waals surface area (Å²) < 4.78 is 0. The lowest BCUT2D eigenvalue weighted by molar-refractivity contribution is -0.117. The molecule has 148 valence electrons. The summed E-state index contributed by atoms with van der Waals surface area (Å²) in [6.07, 6.45) is 9.35. The number of nitrogens with one attached hydrogen (secondary N) is 1. The fourth-order valence-electron chi connectivity index (χ4n) is 3.88. The second-order valence-electron chi connectivity index (χ2n) is 8.91. The van der Waals surface area contributed by atoms with Gasteiger partial charge >= 0.3 is 0 Å². The maximum Gasteiger partial charge on any atom is 0.244 e. The molecular weight excluding hydrogens is 342 g/mol. The smallest absolute Gasteiger partial charge is 0.244 e. The van der Waals surface area contributed by atoms with Gasteiger partial charge in [-0.1, -0.05) is 70.2 Å². The molecule has 1 aliphatic carbocycles. The zero-order chi connectivity index (χ0) is 20.1. The Balaban J connectivity index is 1.65. The highest BCUT2D eigenvalue weighted by atomic mass is 16.1. The van der Waals surface area contributed by atoms with Gasteiger partial charge < -0.3 is 5.32 Å². The fraction of sp³-hybridized carbons (Fsp3) is 0.423. The average Bonchev–Trinajstić information content (AvgIpc) is 2.69. The highest BCUT2D eigenvalue weighted by molar-refractivity contribution is 5.92. The Bertz CT molecular complexity index is 840. The molecule has 0 fully saturated rings. The van der Waals surface area contributed by atoms with E-state index in [0.29, 0.717) is 0 Å². The number of hydrogen-bond acceptors (Lipinski definition) is 1. The molecule has 0 aromatic heterocycles. The van der Waals surface area contributed by atoms with Crippen molar-refractivity contribution in [2.75, 3.05) is 0 Å². The van der Waals surface area contributed by atoms with Gasteiger partial charge in [-0.2, -0.15) is 0 Å². The van der Waals surface area contributed by atoms with Crippen LogP contribution >= 0.6 is 0 Å². The summed E-state index contributed by atoms with van der Waals surface area (Å²) in [4.78, 5) is 12.5. The maximum absolute atomic E-state index is 12.5. The van der Waals surface area contributed by atoms with E-state index in [1.807, 2.05) is 6.08 Å². The minimum Gasteiger partial charge on any atom is -0.346 e. The van der Waals surface area contributed by atoms with Gasteiger partial charge in [-0.15, -0.1) is 0 Å². The molecule has 1 N–H and O–H groups in total. The van der Waals surface area contributed by atoms with Gasteiger partial charge in [-0.05, 0) is 71.4 Å². The summed E-state index contributed by atoms with van der Waals surface area (Å²) >= 11 is 0. The van der Waals surface area contributed by atoms with E-state index >= 15 is 0 Å². The summed E-state index contributed by atoms with van der Waals surface area (Å²) in [6.45, 7) is 8.74. The van der Waals surface area contributed by atoms with Crippen molar-refractivity contribution in [1.29, 1.82) is 0 Å². The third-order valence-electron chi connectivity index (χ3n) is 5.70. The molecule has 2 aromatic carbocycles. The molecular formula is C26H33NO. The van der Waals surface area contributed by atoms with Crippen LogP contribution < -0.4 is 5.32 Å². The van der Waals surface area contributed by atoms with Crippen molar-refractivity contribution in [2.45, 2.75) is 71.3 Å². The number of hydrogen-bond donors (Lipinski definition) is 1. The van der Waals surface area contributed by atoms with Crippen LogP contribution in [0.25, 0.3) is 6.08 Å². The van der Waals surface area contributed by atoms with Crippen LogP contribution in [0.3, 0.4) is 0 Å².